The molecule has 0 spiro atoms. The molecule has 146 valence electrons. The highest BCUT2D eigenvalue weighted by Crippen LogP contribution is 2.29. The number of ketones is 1. The van der Waals surface area contributed by atoms with Crippen molar-refractivity contribution in [2.24, 2.45) is 0 Å². The largest absolute Gasteiger partial charge is 0.487 e. The first-order chi connectivity index (χ1) is 12.8. The van der Waals surface area contributed by atoms with E-state index in [-0.39, 0.29) is 5.78 Å². The zero-order valence-electron chi connectivity index (χ0n) is 15.7. The average Bonchev–Trinajstić information content (AvgIpc) is 2.66. The Morgan fingerprint density at radius 1 is 0.808 bits per heavy atom. The van der Waals surface area contributed by atoms with Gasteiger partial charge in [0.25, 0.3) is 0 Å². The molecule has 0 fully saturated rings. The van der Waals surface area contributed by atoms with Crippen LogP contribution in [0.2, 0.25) is 0 Å². The number of benzene rings is 1. The molecule has 1 aromatic rings. The van der Waals surface area contributed by atoms with Gasteiger partial charge < -0.3 is 23.7 Å². The van der Waals surface area contributed by atoms with Gasteiger partial charge in [-0.3, -0.25) is 4.79 Å². The molecule has 6 heteroatoms. The van der Waals surface area contributed by atoms with E-state index in [1.807, 2.05) is 0 Å². The summed E-state index contributed by atoms with van der Waals surface area (Å²) in [4.78, 5) is 12.3. The molecule has 2 rings (SSSR count). The number of hydrogen-bond donors (Lipinski definition) is 0. The molecule has 0 saturated heterocycles. The fourth-order valence-corrected chi connectivity index (χ4v) is 2.56. The van der Waals surface area contributed by atoms with Crippen molar-refractivity contribution in [3.05, 3.63) is 23.8 Å². The summed E-state index contributed by atoms with van der Waals surface area (Å²) < 4.78 is 27.9. The Morgan fingerprint density at radius 3 is 2.00 bits per heavy atom. The second kappa shape index (κ2) is 12.7. The number of rotatable bonds is 5. The molecule has 26 heavy (non-hydrogen) atoms. The van der Waals surface area contributed by atoms with Crippen LogP contribution in [-0.4, -0.2) is 58.6 Å². The molecule has 0 aliphatic carbocycles. The van der Waals surface area contributed by atoms with E-state index < -0.39 is 0 Å². The third kappa shape index (κ3) is 7.72. The summed E-state index contributed by atoms with van der Waals surface area (Å²) >= 11 is 0. The Labute approximate surface area is 155 Å². The van der Waals surface area contributed by atoms with Gasteiger partial charge in [-0.1, -0.05) is 19.8 Å². The van der Waals surface area contributed by atoms with Gasteiger partial charge in [0.2, 0.25) is 0 Å². The van der Waals surface area contributed by atoms with E-state index in [0.717, 1.165) is 19.3 Å². The zero-order valence-corrected chi connectivity index (χ0v) is 15.7. The molecule has 1 aliphatic heterocycles. The Hall–Kier alpha value is -1.63. The van der Waals surface area contributed by atoms with Crippen molar-refractivity contribution in [1.82, 2.24) is 0 Å². The van der Waals surface area contributed by atoms with E-state index in [2.05, 4.69) is 6.92 Å². The summed E-state index contributed by atoms with van der Waals surface area (Å²) in [5.74, 6) is 1.32. The van der Waals surface area contributed by atoms with Crippen LogP contribution < -0.4 is 9.47 Å². The second-order valence-electron chi connectivity index (χ2n) is 6.08. The molecule has 0 aromatic heterocycles. The first kappa shape index (κ1) is 20.7. The summed E-state index contributed by atoms with van der Waals surface area (Å²) in [7, 11) is 0. The number of Topliss-reactive ketones (excluding diaryl/α,β-unsaturated/α-hetero) is 1. The molecule has 1 aliphatic rings. The van der Waals surface area contributed by atoms with E-state index in [1.54, 1.807) is 18.2 Å². The van der Waals surface area contributed by atoms with Crippen LogP contribution in [0.4, 0.5) is 0 Å². The SMILES string of the molecule is CCCCCC(=O)c1ccc2c(c1)OCCOCCOCCOCCO2. The van der Waals surface area contributed by atoms with Gasteiger partial charge in [0, 0.05) is 12.0 Å². The number of ether oxygens (including phenoxy) is 5. The van der Waals surface area contributed by atoms with Gasteiger partial charge in [0.15, 0.2) is 17.3 Å². The first-order valence-corrected chi connectivity index (χ1v) is 9.47. The van der Waals surface area contributed by atoms with Crippen molar-refractivity contribution in [2.45, 2.75) is 32.6 Å². The Balaban J connectivity index is 2.00. The maximum Gasteiger partial charge on any atom is 0.163 e. The third-order valence-corrected chi connectivity index (χ3v) is 3.99. The third-order valence-electron chi connectivity index (χ3n) is 3.99. The van der Waals surface area contributed by atoms with Crippen LogP contribution in [0.3, 0.4) is 0 Å². The minimum absolute atomic E-state index is 0.137. The molecule has 1 heterocycles. The highest BCUT2D eigenvalue weighted by Gasteiger charge is 2.12. The monoisotopic (exact) mass is 366 g/mol. The number of carbonyl (C=O) groups is 1. The van der Waals surface area contributed by atoms with Gasteiger partial charge in [-0.05, 0) is 24.6 Å². The molecule has 1 aromatic carbocycles. The maximum atomic E-state index is 12.3. The summed E-state index contributed by atoms with van der Waals surface area (Å²) in [6.45, 7) is 5.97. The van der Waals surface area contributed by atoms with E-state index in [1.165, 1.54) is 0 Å². The quantitative estimate of drug-likeness (QED) is 0.589. The normalized spacial score (nSPS) is 17.1. The minimum Gasteiger partial charge on any atom is -0.487 e. The lowest BCUT2D eigenvalue weighted by Crippen LogP contribution is -2.13. The van der Waals surface area contributed by atoms with Crippen molar-refractivity contribution in [1.29, 1.82) is 0 Å². The van der Waals surface area contributed by atoms with E-state index in [0.29, 0.717) is 76.3 Å². The highest BCUT2D eigenvalue weighted by molar-refractivity contribution is 5.96. The molecular formula is C20H30O6. The molecule has 0 atom stereocenters. The first-order valence-electron chi connectivity index (χ1n) is 9.47. The average molecular weight is 366 g/mol. The summed E-state index contributed by atoms with van der Waals surface area (Å²) in [5.41, 5.74) is 0.659. The van der Waals surface area contributed by atoms with E-state index >= 15 is 0 Å². The van der Waals surface area contributed by atoms with Crippen molar-refractivity contribution in [3.63, 3.8) is 0 Å². The molecular weight excluding hydrogens is 336 g/mol. The Kier molecular flexibility index (Phi) is 10.1. The minimum atomic E-state index is 0.137. The van der Waals surface area contributed by atoms with Crippen LogP contribution in [0.25, 0.3) is 0 Å². The van der Waals surface area contributed by atoms with Crippen molar-refractivity contribution >= 4 is 5.78 Å². The van der Waals surface area contributed by atoms with Gasteiger partial charge in [0.05, 0.1) is 39.6 Å². The summed E-state index contributed by atoms with van der Waals surface area (Å²) in [6.07, 6.45) is 3.64. The molecule has 0 amide bonds. The topological polar surface area (TPSA) is 63.2 Å². The molecule has 0 N–H and O–H groups in total. The molecule has 0 bridgehead atoms. The van der Waals surface area contributed by atoms with E-state index in [9.17, 15) is 4.79 Å². The number of carbonyl (C=O) groups excluding carboxylic acids is 1. The molecule has 0 radical (unpaired) electrons. The van der Waals surface area contributed by atoms with Gasteiger partial charge in [-0.25, -0.2) is 0 Å². The zero-order chi connectivity index (χ0) is 18.5. The van der Waals surface area contributed by atoms with Crippen LogP contribution in [0.15, 0.2) is 18.2 Å². The number of fused-ring (bicyclic) bond motifs is 1. The van der Waals surface area contributed by atoms with Crippen LogP contribution >= 0.6 is 0 Å². The molecule has 6 nitrogen and oxygen atoms in total. The fraction of sp³-hybridized carbons (Fsp3) is 0.650. The van der Waals surface area contributed by atoms with Crippen molar-refractivity contribution in [2.75, 3.05) is 52.9 Å². The van der Waals surface area contributed by atoms with Gasteiger partial charge >= 0.3 is 0 Å². The lowest BCUT2D eigenvalue weighted by Gasteiger charge is -2.14. The van der Waals surface area contributed by atoms with Gasteiger partial charge in [-0.15, -0.1) is 0 Å². The number of unbranched alkanes of at least 4 members (excludes halogenated alkanes) is 2. The van der Waals surface area contributed by atoms with Crippen molar-refractivity contribution in [3.8, 4) is 11.5 Å². The lowest BCUT2D eigenvalue weighted by atomic mass is 10.0. The predicted molar refractivity (Wildman–Crippen MR) is 98.4 cm³/mol. The highest BCUT2D eigenvalue weighted by atomic mass is 16.6. The predicted octanol–water partition coefficient (Wildman–Crippen LogP) is 3.27. The van der Waals surface area contributed by atoms with Crippen molar-refractivity contribution < 1.29 is 28.5 Å². The standard InChI is InChI=1S/C20H30O6/c1-2-3-4-5-18(21)17-6-7-19-20(16-17)26-15-13-24-11-9-22-8-10-23-12-14-25-19/h6-7,16H,2-5,8-15H2,1H3. The Bertz CT molecular complexity index is 531. The second-order valence-corrected chi connectivity index (χ2v) is 6.08. The molecule has 0 saturated carbocycles. The smallest absolute Gasteiger partial charge is 0.163 e. The fourth-order valence-electron chi connectivity index (χ4n) is 2.56. The van der Waals surface area contributed by atoms with Crippen LogP contribution in [0, 0.1) is 0 Å². The van der Waals surface area contributed by atoms with Crippen LogP contribution in [0.1, 0.15) is 43.0 Å². The lowest BCUT2D eigenvalue weighted by molar-refractivity contribution is 0.00708. The van der Waals surface area contributed by atoms with Crippen LogP contribution in [0.5, 0.6) is 11.5 Å². The van der Waals surface area contributed by atoms with Crippen LogP contribution in [-0.2, 0) is 14.2 Å². The summed E-state index contributed by atoms with van der Waals surface area (Å²) in [6, 6.07) is 5.37. The van der Waals surface area contributed by atoms with E-state index in [4.69, 9.17) is 23.7 Å². The van der Waals surface area contributed by atoms with Gasteiger partial charge in [0.1, 0.15) is 13.2 Å². The van der Waals surface area contributed by atoms with Gasteiger partial charge in [-0.2, -0.15) is 0 Å². The number of hydrogen-bond acceptors (Lipinski definition) is 6. The Morgan fingerprint density at radius 2 is 1.38 bits per heavy atom. The summed E-state index contributed by atoms with van der Waals surface area (Å²) in [5, 5.41) is 0. The maximum absolute atomic E-state index is 12.3. The molecule has 0 unspecified atom stereocenters.